The Bertz CT molecular complexity index is 1470. The number of hydrogen-bond acceptors (Lipinski definition) is 5. The van der Waals surface area contributed by atoms with Crippen LogP contribution in [0.2, 0.25) is 0 Å². The molecular formula is C25H23F2N7O. The van der Waals surface area contributed by atoms with Gasteiger partial charge in [0, 0.05) is 36.9 Å². The molecule has 2 aromatic carbocycles. The molecule has 35 heavy (non-hydrogen) atoms. The SMILES string of the molecule is Cn1[nH]c(-c2ccncc2)c2cc3nc(C(=O)N[C@H](CNCC(F)F)c4ccccc4)nc3cc21. The summed E-state index contributed by atoms with van der Waals surface area (Å²) in [7, 11) is 1.90. The highest BCUT2D eigenvalue weighted by molar-refractivity contribution is 6.02. The lowest BCUT2D eigenvalue weighted by Crippen LogP contribution is -2.37. The van der Waals surface area contributed by atoms with Crippen molar-refractivity contribution in [3.8, 4) is 11.3 Å². The van der Waals surface area contributed by atoms with Crippen molar-refractivity contribution in [2.24, 2.45) is 7.05 Å². The highest BCUT2D eigenvalue weighted by atomic mass is 19.3. The summed E-state index contributed by atoms with van der Waals surface area (Å²) < 4.78 is 27.1. The van der Waals surface area contributed by atoms with Crippen molar-refractivity contribution in [1.29, 1.82) is 0 Å². The van der Waals surface area contributed by atoms with Crippen molar-refractivity contribution in [3.63, 3.8) is 0 Å². The van der Waals surface area contributed by atoms with Gasteiger partial charge in [0.05, 0.1) is 34.8 Å². The highest BCUT2D eigenvalue weighted by Gasteiger charge is 2.21. The van der Waals surface area contributed by atoms with Gasteiger partial charge in [-0.1, -0.05) is 30.3 Å². The molecule has 178 valence electrons. The first kappa shape index (κ1) is 22.6. The van der Waals surface area contributed by atoms with Crippen molar-refractivity contribution in [3.05, 3.63) is 78.4 Å². The Hall–Kier alpha value is -4.18. The van der Waals surface area contributed by atoms with Gasteiger partial charge < -0.3 is 10.6 Å². The van der Waals surface area contributed by atoms with Gasteiger partial charge in [-0.05, 0) is 29.8 Å². The van der Waals surface area contributed by atoms with Crippen molar-refractivity contribution >= 4 is 27.8 Å². The van der Waals surface area contributed by atoms with Crippen molar-refractivity contribution in [2.75, 3.05) is 13.1 Å². The lowest BCUT2D eigenvalue weighted by Gasteiger charge is -2.19. The molecule has 8 nitrogen and oxygen atoms in total. The Morgan fingerprint density at radius 2 is 1.74 bits per heavy atom. The minimum absolute atomic E-state index is 0.0273. The van der Waals surface area contributed by atoms with Crippen LogP contribution in [-0.4, -0.2) is 50.2 Å². The maximum absolute atomic E-state index is 13.1. The molecule has 0 fully saturated rings. The molecule has 0 saturated heterocycles. The monoisotopic (exact) mass is 475 g/mol. The van der Waals surface area contributed by atoms with E-state index < -0.39 is 24.9 Å². The van der Waals surface area contributed by atoms with E-state index in [0.717, 1.165) is 27.7 Å². The molecule has 1 atom stereocenters. The highest BCUT2D eigenvalue weighted by Crippen LogP contribution is 2.30. The number of rotatable bonds is 8. The maximum atomic E-state index is 13.1. The quantitative estimate of drug-likeness (QED) is 0.317. The molecular weight excluding hydrogens is 452 g/mol. The second-order valence-corrected chi connectivity index (χ2v) is 8.17. The molecule has 3 heterocycles. The first-order valence-corrected chi connectivity index (χ1v) is 11.1. The molecule has 0 unspecified atom stereocenters. The minimum Gasteiger partial charge on any atom is -0.341 e. The summed E-state index contributed by atoms with van der Waals surface area (Å²) in [6, 6.07) is 16.3. The molecule has 5 rings (SSSR count). The Kier molecular flexibility index (Phi) is 6.19. The standard InChI is InChI=1S/C25H23F2N7O/c1-34-21-12-19-18(11-17(21)23(33-34)16-7-9-28-10-8-16)30-24(31-19)25(35)32-20(13-29-14-22(26)27)15-5-3-2-4-6-15/h2-12,20,22,29,33H,13-14H2,1H3,(H,32,35)/t20-/m1/s1. The molecule has 0 aliphatic heterocycles. The van der Waals surface area contributed by atoms with E-state index >= 15 is 0 Å². The molecule has 0 aliphatic rings. The molecule has 1 amide bonds. The fraction of sp³-hybridized carbons (Fsp3) is 0.200. The van der Waals surface area contributed by atoms with E-state index in [1.165, 1.54) is 0 Å². The number of H-pyrrole nitrogens is 1. The number of pyridine rings is 1. The number of fused-ring (bicyclic) bond motifs is 2. The zero-order chi connectivity index (χ0) is 24.4. The molecule has 0 saturated carbocycles. The van der Waals surface area contributed by atoms with Crippen LogP contribution >= 0.6 is 0 Å². The van der Waals surface area contributed by atoms with Crippen LogP contribution < -0.4 is 10.6 Å². The van der Waals surface area contributed by atoms with Gasteiger partial charge in [0.2, 0.25) is 5.82 Å². The molecule has 10 heteroatoms. The van der Waals surface area contributed by atoms with Crippen LogP contribution in [0.3, 0.4) is 0 Å². The number of carbonyl (C=O) groups is 1. The largest absolute Gasteiger partial charge is 0.341 e. The van der Waals surface area contributed by atoms with Gasteiger partial charge in [-0.15, -0.1) is 0 Å². The number of aromatic amines is 1. The second kappa shape index (κ2) is 9.59. The van der Waals surface area contributed by atoms with E-state index in [4.69, 9.17) is 0 Å². The van der Waals surface area contributed by atoms with Crippen molar-refractivity contribution in [2.45, 2.75) is 12.5 Å². The van der Waals surface area contributed by atoms with Gasteiger partial charge >= 0.3 is 0 Å². The maximum Gasteiger partial charge on any atom is 0.289 e. The van der Waals surface area contributed by atoms with Gasteiger partial charge in [0.15, 0.2) is 0 Å². The number of carbonyl (C=O) groups excluding carboxylic acids is 1. The topological polar surface area (TPSA) is 101 Å². The smallest absolute Gasteiger partial charge is 0.289 e. The first-order chi connectivity index (χ1) is 17.0. The molecule has 0 aliphatic carbocycles. The van der Waals surface area contributed by atoms with Crippen molar-refractivity contribution < 1.29 is 13.6 Å². The van der Waals surface area contributed by atoms with Crippen LogP contribution in [0.1, 0.15) is 22.2 Å². The van der Waals surface area contributed by atoms with Crippen molar-refractivity contribution in [1.82, 2.24) is 35.4 Å². The number of imidazole rings is 1. The number of benzene rings is 2. The lowest BCUT2D eigenvalue weighted by atomic mass is 10.1. The second-order valence-electron chi connectivity index (χ2n) is 8.17. The van der Waals surface area contributed by atoms with Gasteiger partial charge in [-0.3, -0.25) is 19.6 Å². The number of nitrogens with zero attached hydrogens (tertiary/aromatic N) is 4. The molecule has 0 bridgehead atoms. The summed E-state index contributed by atoms with van der Waals surface area (Å²) in [6.45, 7) is -0.311. The van der Waals surface area contributed by atoms with E-state index in [0.29, 0.717) is 11.0 Å². The zero-order valence-electron chi connectivity index (χ0n) is 18.9. The number of alkyl halides is 2. The lowest BCUT2D eigenvalue weighted by molar-refractivity contribution is 0.0925. The number of nitrogens with one attached hydrogen (secondary N) is 3. The Balaban J connectivity index is 1.44. The van der Waals surface area contributed by atoms with Crippen LogP contribution in [0.4, 0.5) is 8.78 Å². The van der Waals surface area contributed by atoms with Crippen LogP contribution in [0, 0.1) is 0 Å². The molecule has 3 aromatic heterocycles. The molecule has 5 aromatic rings. The van der Waals surface area contributed by atoms with Crippen LogP contribution in [0.5, 0.6) is 0 Å². The fourth-order valence-corrected chi connectivity index (χ4v) is 4.10. The van der Waals surface area contributed by atoms with E-state index in [9.17, 15) is 13.6 Å². The number of aryl methyl sites for hydroxylation is 1. The summed E-state index contributed by atoms with van der Waals surface area (Å²) >= 11 is 0. The average molecular weight is 476 g/mol. The summed E-state index contributed by atoms with van der Waals surface area (Å²) in [6.07, 6.45) is 0.976. The predicted octanol–water partition coefficient (Wildman–Crippen LogP) is 3.84. The summed E-state index contributed by atoms with van der Waals surface area (Å²) in [5.74, 6) is -0.446. The third-order valence-electron chi connectivity index (χ3n) is 5.78. The van der Waals surface area contributed by atoms with E-state index in [1.54, 1.807) is 12.4 Å². The van der Waals surface area contributed by atoms with Crippen LogP contribution in [0.25, 0.3) is 33.2 Å². The Morgan fingerprint density at radius 1 is 1.03 bits per heavy atom. The number of aromatic nitrogens is 5. The molecule has 0 radical (unpaired) electrons. The third-order valence-corrected chi connectivity index (χ3v) is 5.78. The van der Waals surface area contributed by atoms with Gasteiger partial charge in [0.1, 0.15) is 0 Å². The third kappa shape index (κ3) is 4.73. The summed E-state index contributed by atoms with van der Waals surface area (Å²) in [5, 5.41) is 9.85. The number of hydrogen-bond donors (Lipinski definition) is 3. The Labute approximate surface area is 199 Å². The summed E-state index contributed by atoms with van der Waals surface area (Å²) in [4.78, 5) is 26.0. The Morgan fingerprint density at radius 3 is 2.46 bits per heavy atom. The first-order valence-electron chi connectivity index (χ1n) is 11.1. The summed E-state index contributed by atoms with van der Waals surface area (Å²) in [5.41, 5.74) is 4.77. The van der Waals surface area contributed by atoms with Crippen LogP contribution in [0.15, 0.2) is 67.0 Å². The zero-order valence-corrected chi connectivity index (χ0v) is 18.9. The molecule has 0 spiro atoms. The van der Waals surface area contributed by atoms with E-state index in [-0.39, 0.29) is 12.4 Å². The van der Waals surface area contributed by atoms with Gasteiger partial charge in [-0.25, -0.2) is 18.7 Å². The number of amides is 1. The van der Waals surface area contributed by atoms with E-state index in [1.807, 2.05) is 66.3 Å². The van der Waals surface area contributed by atoms with E-state index in [2.05, 4.69) is 30.7 Å². The normalized spacial score (nSPS) is 12.5. The van der Waals surface area contributed by atoms with Crippen LogP contribution in [-0.2, 0) is 7.05 Å². The average Bonchev–Trinajstić information content (AvgIpc) is 3.43. The predicted molar refractivity (Wildman–Crippen MR) is 129 cm³/mol. The molecule has 3 N–H and O–H groups in total. The number of halogens is 2. The fourth-order valence-electron chi connectivity index (χ4n) is 4.10. The van der Waals surface area contributed by atoms with Gasteiger partial charge in [0.25, 0.3) is 12.3 Å². The minimum atomic E-state index is -2.48. The van der Waals surface area contributed by atoms with Gasteiger partial charge in [-0.2, -0.15) is 0 Å².